The van der Waals surface area contributed by atoms with E-state index in [0.717, 1.165) is 0 Å². The van der Waals surface area contributed by atoms with Gasteiger partial charge in [-0.2, -0.15) is 0 Å². The number of hydrogen-bond donors (Lipinski definition) is 0. The lowest BCUT2D eigenvalue weighted by molar-refractivity contribution is 1.29. The van der Waals surface area contributed by atoms with E-state index in [-0.39, 0.29) is 13.4 Å². The molecular formula is C31H23B2N. The SMILES string of the molecule is Cc1cc2c3c(c1)B(c1ccccc1)c1ccccc1N3c1ccccc1B2c1ccccc1. The molecule has 0 spiro atoms. The third-order valence-electron chi connectivity index (χ3n) is 7.40. The molecule has 0 atom stereocenters. The first-order valence-electron chi connectivity index (χ1n) is 12.0. The van der Waals surface area contributed by atoms with E-state index < -0.39 is 0 Å². The van der Waals surface area contributed by atoms with Gasteiger partial charge in [0.05, 0.1) is 0 Å². The summed E-state index contributed by atoms with van der Waals surface area (Å²) in [4.78, 5) is 2.52. The van der Waals surface area contributed by atoms with Crippen LogP contribution in [0.25, 0.3) is 0 Å². The monoisotopic (exact) mass is 431 g/mol. The number of benzene rings is 5. The zero-order valence-electron chi connectivity index (χ0n) is 19.1. The Morgan fingerprint density at radius 1 is 0.471 bits per heavy atom. The molecule has 0 aromatic heterocycles. The van der Waals surface area contributed by atoms with Crippen molar-refractivity contribution in [3.8, 4) is 0 Å². The number of anilines is 3. The predicted molar refractivity (Wildman–Crippen MR) is 148 cm³/mol. The van der Waals surface area contributed by atoms with Gasteiger partial charge in [-0.05, 0) is 40.9 Å². The minimum absolute atomic E-state index is 0.212. The van der Waals surface area contributed by atoms with Gasteiger partial charge in [0.25, 0.3) is 0 Å². The van der Waals surface area contributed by atoms with E-state index >= 15 is 0 Å². The van der Waals surface area contributed by atoms with Crippen LogP contribution in [0.4, 0.5) is 17.1 Å². The summed E-state index contributed by atoms with van der Waals surface area (Å²) < 4.78 is 0. The fraction of sp³-hybridized carbons (Fsp3) is 0.0323. The minimum atomic E-state index is 0.212. The summed E-state index contributed by atoms with van der Waals surface area (Å²) in [6.07, 6.45) is 0. The van der Waals surface area contributed by atoms with Gasteiger partial charge in [0.15, 0.2) is 0 Å². The molecule has 0 radical (unpaired) electrons. The van der Waals surface area contributed by atoms with Crippen LogP contribution in [0.3, 0.4) is 0 Å². The first kappa shape index (κ1) is 19.5. The Morgan fingerprint density at radius 2 is 0.882 bits per heavy atom. The molecule has 5 aromatic carbocycles. The number of para-hydroxylation sites is 2. The van der Waals surface area contributed by atoms with Crippen molar-refractivity contribution < 1.29 is 0 Å². The molecular weight excluding hydrogens is 408 g/mol. The van der Waals surface area contributed by atoms with Crippen LogP contribution in [0, 0.1) is 6.92 Å². The van der Waals surface area contributed by atoms with Crippen LogP contribution in [0.1, 0.15) is 5.56 Å². The van der Waals surface area contributed by atoms with Crippen molar-refractivity contribution >= 4 is 63.3 Å². The molecule has 0 fully saturated rings. The van der Waals surface area contributed by atoms with Crippen LogP contribution < -0.4 is 37.7 Å². The Hall–Kier alpha value is -3.97. The fourth-order valence-electron chi connectivity index (χ4n) is 6.12. The Labute approximate surface area is 201 Å². The second kappa shape index (κ2) is 7.53. The van der Waals surface area contributed by atoms with Crippen LogP contribution in [0.15, 0.2) is 121 Å². The second-order valence-corrected chi connectivity index (χ2v) is 9.43. The molecule has 2 heterocycles. The molecule has 7 rings (SSSR count). The van der Waals surface area contributed by atoms with Crippen LogP contribution in [-0.2, 0) is 0 Å². The highest BCUT2D eigenvalue weighted by molar-refractivity contribution is 7.02. The van der Waals surface area contributed by atoms with Crippen molar-refractivity contribution in [2.75, 3.05) is 4.90 Å². The zero-order chi connectivity index (χ0) is 22.6. The summed E-state index contributed by atoms with van der Waals surface area (Å²) in [5.41, 5.74) is 13.5. The van der Waals surface area contributed by atoms with E-state index in [1.54, 1.807) is 0 Å². The number of fused-ring (bicyclic) bond motifs is 4. The molecule has 0 saturated carbocycles. The summed E-state index contributed by atoms with van der Waals surface area (Å²) in [5.74, 6) is 0. The van der Waals surface area contributed by atoms with Crippen LogP contribution in [0.5, 0.6) is 0 Å². The van der Waals surface area contributed by atoms with Crippen molar-refractivity contribution in [1.82, 2.24) is 0 Å². The van der Waals surface area contributed by atoms with E-state index in [1.807, 2.05) is 0 Å². The van der Waals surface area contributed by atoms with Gasteiger partial charge in [-0.15, -0.1) is 0 Å². The largest absolute Gasteiger partial charge is 0.313 e. The highest BCUT2D eigenvalue weighted by Crippen LogP contribution is 2.37. The molecule has 0 N–H and O–H groups in total. The molecule has 0 amide bonds. The van der Waals surface area contributed by atoms with Crippen LogP contribution in [0.2, 0.25) is 0 Å². The summed E-state index contributed by atoms with van der Waals surface area (Å²) >= 11 is 0. The first-order valence-corrected chi connectivity index (χ1v) is 12.0. The normalized spacial score (nSPS) is 13.3. The van der Waals surface area contributed by atoms with Gasteiger partial charge < -0.3 is 4.90 Å². The molecule has 158 valence electrons. The van der Waals surface area contributed by atoms with E-state index in [9.17, 15) is 0 Å². The smallest absolute Gasteiger partial charge is 0.246 e. The molecule has 0 aliphatic carbocycles. The molecule has 0 bridgehead atoms. The third-order valence-corrected chi connectivity index (χ3v) is 7.40. The van der Waals surface area contributed by atoms with Crippen molar-refractivity contribution in [1.29, 1.82) is 0 Å². The average molecular weight is 431 g/mol. The van der Waals surface area contributed by atoms with E-state index in [2.05, 4.69) is 133 Å². The highest BCUT2D eigenvalue weighted by Gasteiger charge is 2.42. The standard InChI is InChI=1S/C31H23B2N/c1-22-20-27-31-28(21-22)33(24-14-6-3-7-15-24)26-17-9-11-19-30(26)34(31)29-18-10-8-16-25(29)32(27)23-12-4-2-5-13-23/h2-21H,1H3. The van der Waals surface area contributed by atoms with Crippen molar-refractivity contribution in [3.63, 3.8) is 0 Å². The number of nitrogens with zero attached hydrogens (tertiary/aromatic N) is 1. The van der Waals surface area contributed by atoms with E-state index in [0.29, 0.717) is 0 Å². The van der Waals surface area contributed by atoms with Gasteiger partial charge in [-0.25, -0.2) is 0 Å². The van der Waals surface area contributed by atoms with E-state index in [1.165, 1.54) is 55.4 Å². The lowest BCUT2D eigenvalue weighted by atomic mass is 9.30. The Morgan fingerprint density at radius 3 is 1.35 bits per heavy atom. The summed E-state index contributed by atoms with van der Waals surface area (Å²) in [5, 5.41) is 0. The zero-order valence-corrected chi connectivity index (χ0v) is 19.1. The topological polar surface area (TPSA) is 3.24 Å². The summed E-state index contributed by atoms with van der Waals surface area (Å²) in [6.45, 7) is 2.67. The summed E-state index contributed by atoms with van der Waals surface area (Å²) in [6, 6.07) is 44.7. The average Bonchev–Trinajstić information content (AvgIpc) is 2.89. The molecule has 34 heavy (non-hydrogen) atoms. The Kier molecular flexibility index (Phi) is 4.32. The van der Waals surface area contributed by atoms with Crippen molar-refractivity contribution in [2.24, 2.45) is 0 Å². The molecule has 1 nitrogen and oxygen atoms in total. The van der Waals surface area contributed by atoms with Crippen LogP contribution >= 0.6 is 0 Å². The Bertz CT molecular complexity index is 1420. The van der Waals surface area contributed by atoms with E-state index in [4.69, 9.17) is 0 Å². The Balaban J connectivity index is 1.60. The van der Waals surface area contributed by atoms with Gasteiger partial charge >= 0.3 is 0 Å². The second-order valence-electron chi connectivity index (χ2n) is 9.43. The third kappa shape index (κ3) is 2.77. The molecule has 2 aliphatic heterocycles. The minimum Gasteiger partial charge on any atom is -0.313 e. The number of hydrogen-bond acceptors (Lipinski definition) is 1. The molecule has 2 aliphatic rings. The predicted octanol–water partition coefficient (Wildman–Crippen LogP) is 3.12. The molecule has 5 aromatic rings. The van der Waals surface area contributed by atoms with Gasteiger partial charge in [-0.1, -0.05) is 126 Å². The number of rotatable bonds is 2. The maximum atomic E-state index is 2.52. The number of aryl methyl sites for hydroxylation is 1. The highest BCUT2D eigenvalue weighted by atomic mass is 15.2. The summed E-state index contributed by atoms with van der Waals surface area (Å²) in [7, 11) is 0. The van der Waals surface area contributed by atoms with Gasteiger partial charge in [0.1, 0.15) is 0 Å². The van der Waals surface area contributed by atoms with Gasteiger partial charge in [0.2, 0.25) is 13.4 Å². The first-order chi connectivity index (χ1) is 16.8. The van der Waals surface area contributed by atoms with Crippen molar-refractivity contribution in [2.45, 2.75) is 6.92 Å². The van der Waals surface area contributed by atoms with Gasteiger partial charge in [0, 0.05) is 17.1 Å². The maximum Gasteiger partial charge on any atom is 0.246 e. The maximum absolute atomic E-state index is 2.52. The van der Waals surface area contributed by atoms with Crippen molar-refractivity contribution in [3.05, 3.63) is 127 Å². The lowest BCUT2D eigenvalue weighted by Crippen LogP contribution is -2.65. The molecule has 0 saturated heterocycles. The molecule has 0 unspecified atom stereocenters. The van der Waals surface area contributed by atoms with Gasteiger partial charge in [-0.3, -0.25) is 0 Å². The molecule has 3 heteroatoms. The van der Waals surface area contributed by atoms with Crippen LogP contribution in [-0.4, -0.2) is 13.4 Å². The quantitative estimate of drug-likeness (QED) is 0.381. The lowest BCUT2D eigenvalue weighted by Gasteiger charge is -2.44. The fourth-order valence-corrected chi connectivity index (χ4v) is 6.12.